The first kappa shape index (κ1) is 11.3. The Labute approximate surface area is 75.5 Å². The Hall–Kier alpha value is 0.310. The molecule has 0 bridgehead atoms. The smallest absolute Gasteiger partial charge is 0.0866 e. The van der Waals surface area contributed by atoms with Crippen LogP contribution in [0.15, 0.2) is 0 Å². The number of nitrogens with one attached hydrogen (secondary N) is 1. The monoisotopic (exact) mass is 176 g/mol. The molecule has 0 aromatic heterocycles. The van der Waals surface area contributed by atoms with E-state index in [1.807, 2.05) is 11.8 Å². The Kier molecular flexibility index (Phi) is 6.06. The molecule has 0 saturated carbocycles. The van der Waals surface area contributed by atoms with Gasteiger partial charge in [-0.2, -0.15) is 11.8 Å². The zero-order valence-electron chi connectivity index (χ0n) is 8.48. The van der Waals surface area contributed by atoms with Crippen LogP contribution in [0.3, 0.4) is 0 Å². The van der Waals surface area contributed by atoms with Gasteiger partial charge in [-0.25, -0.2) is 0 Å². The van der Waals surface area contributed by atoms with Crippen molar-refractivity contribution in [2.75, 3.05) is 18.6 Å². The Balaban J connectivity index is 3.70. The zero-order chi connectivity index (χ0) is 8.85. The molecule has 0 saturated heterocycles. The predicted molar refractivity (Wildman–Crippen MR) is 54.5 cm³/mol. The first-order chi connectivity index (χ1) is 5.09. The van der Waals surface area contributed by atoms with Gasteiger partial charge in [0.05, 0.1) is 18.6 Å². The van der Waals surface area contributed by atoms with Crippen LogP contribution in [-0.4, -0.2) is 30.6 Å². The molecule has 0 unspecified atom stereocenters. The average Bonchev–Trinajstić information content (AvgIpc) is 1.87. The van der Waals surface area contributed by atoms with Gasteiger partial charge in [-0.05, 0) is 34.0 Å². The quantitative estimate of drug-likeness (QED) is 0.656. The molecule has 0 aliphatic rings. The normalized spacial score (nSPS) is 12.0. The Bertz CT molecular complexity index is 83.6. The van der Waals surface area contributed by atoms with Gasteiger partial charge in [0.25, 0.3) is 0 Å². The van der Waals surface area contributed by atoms with Crippen molar-refractivity contribution in [3.8, 4) is 0 Å². The van der Waals surface area contributed by atoms with Crippen molar-refractivity contribution in [1.29, 1.82) is 0 Å². The van der Waals surface area contributed by atoms with E-state index in [9.17, 15) is 0 Å². The molecular weight excluding hydrogens is 154 g/mol. The zero-order valence-corrected chi connectivity index (χ0v) is 9.29. The molecule has 0 rings (SSSR count). The Morgan fingerprint density at radius 3 is 1.82 bits per heavy atom. The summed E-state index contributed by atoms with van der Waals surface area (Å²) in [6.07, 6.45) is 2.18. The third-order valence-electron chi connectivity index (χ3n) is 2.08. The van der Waals surface area contributed by atoms with Crippen molar-refractivity contribution in [3.05, 3.63) is 0 Å². The maximum atomic E-state index is 2.30. The summed E-state index contributed by atoms with van der Waals surface area (Å²) in [4.78, 5) is 1.72. The van der Waals surface area contributed by atoms with E-state index in [1.54, 1.807) is 4.90 Å². The number of thioether (sulfide) groups is 1. The minimum Gasteiger partial charge on any atom is -0.330 e. The van der Waals surface area contributed by atoms with Gasteiger partial charge >= 0.3 is 0 Å². The molecule has 0 aliphatic heterocycles. The van der Waals surface area contributed by atoms with E-state index in [0.29, 0.717) is 0 Å². The van der Waals surface area contributed by atoms with E-state index < -0.39 is 0 Å². The first-order valence-electron chi connectivity index (χ1n) is 4.44. The molecule has 0 spiro atoms. The van der Waals surface area contributed by atoms with Crippen LogP contribution in [0.4, 0.5) is 0 Å². The highest BCUT2D eigenvalue weighted by molar-refractivity contribution is 7.98. The third kappa shape index (κ3) is 4.70. The Morgan fingerprint density at radius 2 is 1.55 bits per heavy atom. The highest BCUT2D eigenvalue weighted by Gasteiger charge is 2.15. The van der Waals surface area contributed by atoms with Crippen LogP contribution >= 0.6 is 11.8 Å². The topological polar surface area (TPSA) is 4.44 Å². The van der Waals surface area contributed by atoms with E-state index in [-0.39, 0.29) is 0 Å². The summed E-state index contributed by atoms with van der Waals surface area (Å²) in [6.45, 7) is 10.5. The second-order valence-electron chi connectivity index (χ2n) is 3.63. The van der Waals surface area contributed by atoms with Gasteiger partial charge in [0.15, 0.2) is 0 Å². The van der Waals surface area contributed by atoms with Crippen molar-refractivity contribution in [2.24, 2.45) is 0 Å². The van der Waals surface area contributed by atoms with Crippen molar-refractivity contribution in [3.63, 3.8) is 0 Å². The minimum absolute atomic E-state index is 0.766. The summed E-state index contributed by atoms with van der Waals surface area (Å²) < 4.78 is 0. The van der Waals surface area contributed by atoms with Crippen LogP contribution in [0.1, 0.15) is 27.7 Å². The van der Waals surface area contributed by atoms with Crippen LogP contribution in [0, 0.1) is 0 Å². The maximum absolute atomic E-state index is 2.30. The van der Waals surface area contributed by atoms with Crippen molar-refractivity contribution in [1.82, 2.24) is 0 Å². The van der Waals surface area contributed by atoms with Gasteiger partial charge in [-0.3, -0.25) is 0 Å². The average molecular weight is 176 g/mol. The van der Waals surface area contributed by atoms with Crippen molar-refractivity contribution >= 4 is 11.8 Å². The van der Waals surface area contributed by atoms with E-state index in [0.717, 1.165) is 12.1 Å². The SMILES string of the molecule is CSCC[NH+](C(C)C)C(C)C. The van der Waals surface area contributed by atoms with Crippen molar-refractivity contribution in [2.45, 2.75) is 39.8 Å². The molecule has 0 radical (unpaired) electrons. The van der Waals surface area contributed by atoms with Crippen molar-refractivity contribution < 1.29 is 4.90 Å². The fourth-order valence-corrected chi connectivity index (χ4v) is 1.90. The number of hydrogen-bond acceptors (Lipinski definition) is 1. The van der Waals surface area contributed by atoms with E-state index in [2.05, 4.69) is 34.0 Å². The molecule has 0 heterocycles. The molecule has 68 valence electrons. The summed E-state index contributed by atoms with van der Waals surface area (Å²) in [5, 5.41) is 0. The van der Waals surface area contributed by atoms with Crippen LogP contribution in [0.5, 0.6) is 0 Å². The predicted octanol–water partition coefficient (Wildman–Crippen LogP) is 1.05. The second kappa shape index (κ2) is 5.90. The largest absolute Gasteiger partial charge is 0.330 e. The molecule has 0 aromatic carbocycles. The van der Waals surface area contributed by atoms with Gasteiger partial charge in [0.2, 0.25) is 0 Å². The fourth-order valence-electron chi connectivity index (χ4n) is 1.46. The molecule has 0 fully saturated rings. The fraction of sp³-hybridized carbons (Fsp3) is 1.00. The van der Waals surface area contributed by atoms with Crippen LogP contribution in [0.25, 0.3) is 0 Å². The molecule has 2 heteroatoms. The first-order valence-corrected chi connectivity index (χ1v) is 5.83. The van der Waals surface area contributed by atoms with E-state index in [1.165, 1.54) is 12.3 Å². The summed E-state index contributed by atoms with van der Waals surface area (Å²) >= 11 is 1.94. The summed E-state index contributed by atoms with van der Waals surface area (Å²) in [6, 6.07) is 1.53. The standard InChI is InChI=1S/C9H21NS/c1-8(2)10(9(3)4)6-7-11-5/h8-9H,6-7H2,1-5H3/p+1. The molecule has 11 heavy (non-hydrogen) atoms. The molecule has 1 nitrogen and oxygen atoms in total. The van der Waals surface area contributed by atoms with Gasteiger partial charge in [-0.15, -0.1) is 0 Å². The van der Waals surface area contributed by atoms with Crippen LogP contribution < -0.4 is 4.90 Å². The van der Waals surface area contributed by atoms with Crippen LogP contribution in [-0.2, 0) is 0 Å². The number of hydrogen-bond donors (Lipinski definition) is 1. The molecule has 0 amide bonds. The molecule has 1 N–H and O–H groups in total. The molecule has 0 aliphatic carbocycles. The maximum Gasteiger partial charge on any atom is 0.0866 e. The molecule has 0 atom stereocenters. The summed E-state index contributed by atoms with van der Waals surface area (Å²) in [5.41, 5.74) is 0. The Morgan fingerprint density at radius 1 is 1.09 bits per heavy atom. The van der Waals surface area contributed by atoms with Crippen LogP contribution in [0.2, 0.25) is 0 Å². The van der Waals surface area contributed by atoms with Gasteiger partial charge in [0.1, 0.15) is 0 Å². The van der Waals surface area contributed by atoms with Gasteiger partial charge < -0.3 is 4.90 Å². The van der Waals surface area contributed by atoms with E-state index >= 15 is 0 Å². The van der Waals surface area contributed by atoms with E-state index in [4.69, 9.17) is 0 Å². The molecular formula is C9H22NS+. The molecule has 0 aromatic rings. The number of quaternary nitrogens is 1. The minimum atomic E-state index is 0.766. The summed E-state index contributed by atoms with van der Waals surface area (Å²) in [5.74, 6) is 1.28. The highest BCUT2D eigenvalue weighted by atomic mass is 32.2. The summed E-state index contributed by atoms with van der Waals surface area (Å²) in [7, 11) is 0. The highest BCUT2D eigenvalue weighted by Crippen LogP contribution is 1.87. The third-order valence-corrected chi connectivity index (χ3v) is 2.69. The second-order valence-corrected chi connectivity index (χ2v) is 4.61. The lowest BCUT2D eigenvalue weighted by molar-refractivity contribution is -0.939. The lowest BCUT2D eigenvalue weighted by Crippen LogP contribution is -3.18. The number of rotatable bonds is 5. The van der Waals surface area contributed by atoms with Gasteiger partial charge in [-0.1, -0.05) is 0 Å². The van der Waals surface area contributed by atoms with Gasteiger partial charge in [0, 0.05) is 5.75 Å². The lowest BCUT2D eigenvalue weighted by atomic mass is 10.2. The lowest BCUT2D eigenvalue weighted by Gasteiger charge is -2.26.